The predicted octanol–water partition coefficient (Wildman–Crippen LogP) is 2.10. The van der Waals surface area contributed by atoms with Gasteiger partial charge in [-0.25, -0.2) is 0 Å². The molecule has 1 spiro atoms. The van der Waals surface area contributed by atoms with Crippen molar-refractivity contribution in [3.63, 3.8) is 0 Å². The molecule has 8 nitrogen and oxygen atoms in total. The van der Waals surface area contributed by atoms with Crippen molar-refractivity contribution in [3.05, 3.63) is 53.6 Å². The van der Waals surface area contributed by atoms with Crippen LogP contribution in [0, 0.1) is 11.8 Å². The zero-order valence-electron chi connectivity index (χ0n) is 19.0. The molecular formula is C25H27ClN2O6. The van der Waals surface area contributed by atoms with Crippen LogP contribution in [0.15, 0.2) is 48.6 Å². The van der Waals surface area contributed by atoms with Crippen LogP contribution in [0.4, 0.5) is 5.69 Å². The molecule has 34 heavy (non-hydrogen) atoms. The highest BCUT2D eigenvalue weighted by molar-refractivity contribution is 6.30. The summed E-state index contributed by atoms with van der Waals surface area (Å²) in [6, 6.07) is 5.23. The third-order valence-corrected chi connectivity index (χ3v) is 7.72. The molecule has 180 valence electrons. The first-order chi connectivity index (χ1) is 16.3. The average Bonchev–Trinajstić information content (AvgIpc) is 3.07. The van der Waals surface area contributed by atoms with Gasteiger partial charge in [0.05, 0.1) is 24.2 Å². The first-order valence-electron chi connectivity index (χ1n) is 11.5. The Hall–Kier alpha value is -2.68. The first kappa shape index (κ1) is 23.1. The molecule has 5 rings (SSSR count). The Bertz CT molecular complexity index is 1080. The minimum Gasteiger partial charge on any atom is -0.461 e. The van der Waals surface area contributed by atoms with Crippen molar-refractivity contribution in [2.24, 2.45) is 11.8 Å². The lowest BCUT2D eigenvalue weighted by molar-refractivity contribution is -0.157. The number of carbonyl (C=O) groups excluding carboxylic acids is 3. The monoisotopic (exact) mass is 486 g/mol. The number of anilines is 1. The van der Waals surface area contributed by atoms with Crippen LogP contribution in [0.5, 0.6) is 0 Å². The molecule has 6 atom stereocenters. The second-order valence-electron chi connectivity index (χ2n) is 9.35. The minimum absolute atomic E-state index is 0.0999. The van der Waals surface area contributed by atoms with Gasteiger partial charge in [0, 0.05) is 17.3 Å². The number of likely N-dealkylation sites (tertiary alicyclic amines) is 1. The Morgan fingerprint density at radius 3 is 2.53 bits per heavy atom. The summed E-state index contributed by atoms with van der Waals surface area (Å²) in [5.41, 5.74) is -1.86. The van der Waals surface area contributed by atoms with Crippen molar-refractivity contribution >= 4 is 35.1 Å². The van der Waals surface area contributed by atoms with Gasteiger partial charge in [-0.05, 0) is 43.7 Å². The fourth-order valence-electron chi connectivity index (χ4n) is 5.95. The molecule has 1 N–H and O–H groups in total. The molecule has 9 heteroatoms. The van der Waals surface area contributed by atoms with Gasteiger partial charge in [-0.1, -0.05) is 36.8 Å². The van der Waals surface area contributed by atoms with Gasteiger partial charge in [0.15, 0.2) is 0 Å². The van der Waals surface area contributed by atoms with Crippen LogP contribution in [-0.4, -0.2) is 70.8 Å². The standard InChI is InChI=1S/C25H27ClN2O6/c1-3-16(14-29)28-20-22(31)27(17-8-6-15(26)7-9-17)12-4-11-25(20)18(21(28)30)19-23(32)33-13-5-10-24(19,2)34-25/h4-11,16,18-20,29H,3,12-14H2,1-2H3/t16-,18-,19-,20?,24+,25-/m0/s1. The second kappa shape index (κ2) is 8.22. The largest absolute Gasteiger partial charge is 0.461 e. The van der Waals surface area contributed by atoms with Crippen LogP contribution < -0.4 is 4.90 Å². The molecule has 4 aliphatic rings. The number of aliphatic hydroxyl groups is 1. The lowest BCUT2D eigenvalue weighted by Crippen LogP contribution is -2.58. The smallest absolute Gasteiger partial charge is 0.313 e. The lowest BCUT2D eigenvalue weighted by atomic mass is 9.75. The average molecular weight is 487 g/mol. The van der Waals surface area contributed by atoms with E-state index >= 15 is 0 Å². The first-order valence-corrected chi connectivity index (χ1v) is 11.9. The molecule has 2 fully saturated rings. The zero-order chi connectivity index (χ0) is 24.3. The number of nitrogens with zero attached hydrogens (tertiary/aromatic N) is 2. The number of benzene rings is 1. The molecule has 1 aromatic rings. The number of carbonyl (C=O) groups is 3. The summed E-state index contributed by atoms with van der Waals surface area (Å²) in [7, 11) is 0. The number of cyclic esters (lactones) is 1. The van der Waals surface area contributed by atoms with Gasteiger partial charge in [0.2, 0.25) is 5.91 Å². The number of aliphatic hydroxyl groups excluding tert-OH is 1. The number of ether oxygens (including phenoxy) is 2. The molecule has 2 saturated heterocycles. The van der Waals surface area contributed by atoms with Crippen LogP contribution in [0.25, 0.3) is 0 Å². The Balaban J connectivity index is 1.68. The van der Waals surface area contributed by atoms with Crippen LogP contribution in [0.1, 0.15) is 20.3 Å². The lowest BCUT2D eigenvalue weighted by Gasteiger charge is -2.39. The van der Waals surface area contributed by atoms with E-state index in [0.717, 1.165) is 0 Å². The minimum atomic E-state index is -1.38. The van der Waals surface area contributed by atoms with E-state index in [1.165, 1.54) is 4.90 Å². The van der Waals surface area contributed by atoms with E-state index in [4.69, 9.17) is 21.1 Å². The van der Waals surface area contributed by atoms with E-state index in [-0.39, 0.29) is 31.6 Å². The molecule has 0 aliphatic carbocycles. The maximum Gasteiger partial charge on any atom is 0.313 e. The summed E-state index contributed by atoms with van der Waals surface area (Å²) < 4.78 is 12.0. The second-order valence-corrected chi connectivity index (χ2v) is 9.78. The molecule has 0 saturated carbocycles. The molecule has 1 unspecified atom stereocenters. The van der Waals surface area contributed by atoms with Crippen molar-refractivity contribution in [2.45, 2.75) is 43.6 Å². The summed E-state index contributed by atoms with van der Waals surface area (Å²) in [4.78, 5) is 44.2. The van der Waals surface area contributed by atoms with Crippen LogP contribution in [-0.2, 0) is 23.9 Å². The topological polar surface area (TPSA) is 96.4 Å². The summed E-state index contributed by atoms with van der Waals surface area (Å²) in [5, 5.41) is 10.7. The fraction of sp³-hybridized carbons (Fsp3) is 0.480. The van der Waals surface area contributed by atoms with Gasteiger partial charge in [-0.3, -0.25) is 14.4 Å². The molecule has 0 radical (unpaired) electrons. The third kappa shape index (κ3) is 3.16. The maximum absolute atomic E-state index is 14.2. The Morgan fingerprint density at radius 1 is 1.12 bits per heavy atom. The normalized spacial score (nSPS) is 35.4. The highest BCUT2D eigenvalue weighted by Crippen LogP contribution is 2.57. The van der Waals surface area contributed by atoms with Gasteiger partial charge >= 0.3 is 5.97 Å². The van der Waals surface area contributed by atoms with Crippen LogP contribution in [0.2, 0.25) is 5.02 Å². The number of esters is 1. The number of hydrogen-bond donors (Lipinski definition) is 1. The fourth-order valence-corrected chi connectivity index (χ4v) is 6.08. The number of fused-ring (bicyclic) bond motifs is 2. The number of amides is 2. The van der Waals surface area contributed by atoms with Crippen LogP contribution in [0.3, 0.4) is 0 Å². The molecule has 4 aliphatic heterocycles. The molecule has 0 bridgehead atoms. The van der Waals surface area contributed by atoms with Crippen LogP contribution >= 0.6 is 11.6 Å². The van der Waals surface area contributed by atoms with Crippen molar-refractivity contribution in [1.29, 1.82) is 0 Å². The predicted molar refractivity (Wildman–Crippen MR) is 124 cm³/mol. The van der Waals surface area contributed by atoms with Crippen molar-refractivity contribution in [2.75, 3.05) is 24.7 Å². The highest BCUT2D eigenvalue weighted by Gasteiger charge is 2.75. The number of halogens is 1. The molecule has 0 aromatic heterocycles. The molecule has 2 amide bonds. The Labute approximate surface area is 202 Å². The molecular weight excluding hydrogens is 460 g/mol. The van der Waals surface area contributed by atoms with E-state index in [9.17, 15) is 19.5 Å². The van der Waals surface area contributed by atoms with Gasteiger partial charge in [-0.15, -0.1) is 0 Å². The van der Waals surface area contributed by atoms with Crippen molar-refractivity contribution < 1.29 is 29.0 Å². The van der Waals surface area contributed by atoms with Gasteiger partial charge in [-0.2, -0.15) is 0 Å². The van der Waals surface area contributed by atoms with Crippen molar-refractivity contribution in [3.8, 4) is 0 Å². The van der Waals surface area contributed by atoms with E-state index in [1.807, 2.05) is 6.92 Å². The van der Waals surface area contributed by atoms with Gasteiger partial charge < -0.3 is 24.4 Å². The SMILES string of the molecule is CC[C@@H](CO)N1C(=O)[C@@H]2[C@H]3C(=O)OCC=C[C@@]3(C)O[C@@]23C=CCN(c2ccc(Cl)cc2)C(=O)C13. The molecule has 1 aromatic carbocycles. The van der Waals surface area contributed by atoms with Crippen molar-refractivity contribution in [1.82, 2.24) is 4.90 Å². The summed E-state index contributed by atoms with van der Waals surface area (Å²) in [6.45, 7) is 3.64. The highest BCUT2D eigenvalue weighted by atomic mass is 35.5. The number of rotatable bonds is 4. The molecule has 4 heterocycles. The van der Waals surface area contributed by atoms with E-state index in [1.54, 1.807) is 60.4 Å². The number of hydrogen-bond acceptors (Lipinski definition) is 6. The zero-order valence-corrected chi connectivity index (χ0v) is 19.8. The van der Waals surface area contributed by atoms with Gasteiger partial charge in [0.25, 0.3) is 5.91 Å². The van der Waals surface area contributed by atoms with E-state index in [2.05, 4.69) is 0 Å². The quantitative estimate of drug-likeness (QED) is 0.517. The third-order valence-electron chi connectivity index (χ3n) is 7.46. The van der Waals surface area contributed by atoms with Gasteiger partial charge in [0.1, 0.15) is 24.2 Å². The Morgan fingerprint density at radius 2 is 1.85 bits per heavy atom. The van der Waals surface area contributed by atoms with E-state index < -0.39 is 41.1 Å². The summed E-state index contributed by atoms with van der Waals surface area (Å²) in [6.07, 6.45) is 7.47. The summed E-state index contributed by atoms with van der Waals surface area (Å²) in [5.74, 6) is -3.12. The van der Waals surface area contributed by atoms with E-state index in [0.29, 0.717) is 17.1 Å². The summed E-state index contributed by atoms with van der Waals surface area (Å²) >= 11 is 6.05. The maximum atomic E-state index is 14.2. The Kier molecular flexibility index (Phi) is 5.58.